The molecule has 0 saturated carbocycles. The van der Waals surface area contributed by atoms with Crippen LogP contribution in [-0.4, -0.2) is 23.9 Å². The van der Waals surface area contributed by atoms with Gasteiger partial charge in [0.25, 0.3) is 5.69 Å². The molecule has 2 aromatic carbocycles. The van der Waals surface area contributed by atoms with E-state index in [-0.39, 0.29) is 23.8 Å². The fourth-order valence-electron chi connectivity index (χ4n) is 3.50. The van der Waals surface area contributed by atoms with E-state index in [9.17, 15) is 19.3 Å². The molecule has 3 rings (SSSR count). The number of hydrogen-bond donors (Lipinski definition) is 1. The molecular weight excluding hydrogens is 349 g/mol. The van der Waals surface area contributed by atoms with Crippen LogP contribution in [0.1, 0.15) is 29.5 Å². The summed E-state index contributed by atoms with van der Waals surface area (Å²) in [6, 6.07) is 7.64. The van der Waals surface area contributed by atoms with Gasteiger partial charge in [0.05, 0.1) is 10.6 Å². The van der Waals surface area contributed by atoms with Gasteiger partial charge in [-0.25, -0.2) is 4.39 Å². The van der Waals surface area contributed by atoms with Crippen molar-refractivity contribution in [2.45, 2.75) is 33.1 Å². The number of benzene rings is 2. The van der Waals surface area contributed by atoms with Crippen LogP contribution in [0.4, 0.5) is 21.5 Å². The fraction of sp³-hybridized carbons (Fsp3) is 0.350. The number of fused-ring (bicyclic) bond motifs is 1. The van der Waals surface area contributed by atoms with Gasteiger partial charge in [0.15, 0.2) is 0 Å². The maximum atomic E-state index is 14.1. The van der Waals surface area contributed by atoms with Crippen molar-refractivity contribution in [2.75, 3.05) is 23.3 Å². The van der Waals surface area contributed by atoms with Gasteiger partial charge in [-0.2, -0.15) is 0 Å². The molecule has 1 heterocycles. The van der Waals surface area contributed by atoms with Gasteiger partial charge in [-0.3, -0.25) is 14.9 Å². The molecule has 6 nitrogen and oxygen atoms in total. The zero-order valence-electron chi connectivity index (χ0n) is 15.4. The number of anilines is 2. The van der Waals surface area contributed by atoms with Gasteiger partial charge in [0.2, 0.25) is 5.91 Å². The van der Waals surface area contributed by atoms with E-state index in [0.717, 1.165) is 35.3 Å². The Morgan fingerprint density at radius 1 is 1.26 bits per heavy atom. The molecule has 142 valence electrons. The molecule has 0 fully saturated rings. The van der Waals surface area contributed by atoms with Crippen molar-refractivity contribution in [3.63, 3.8) is 0 Å². The number of carbonyl (C=O) groups is 1. The monoisotopic (exact) mass is 371 g/mol. The van der Waals surface area contributed by atoms with E-state index in [4.69, 9.17) is 0 Å². The summed E-state index contributed by atoms with van der Waals surface area (Å²) in [4.78, 5) is 24.8. The van der Waals surface area contributed by atoms with E-state index in [1.807, 2.05) is 6.92 Å². The second-order valence-electron chi connectivity index (χ2n) is 6.84. The number of non-ortho nitro benzene ring substituents is 1. The predicted octanol–water partition coefficient (Wildman–Crippen LogP) is 4.13. The van der Waals surface area contributed by atoms with Gasteiger partial charge in [0, 0.05) is 42.9 Å². The third-order valence-electron chi connectivity index (χ3n) is 4.91. The second-order valence-corrected chi connectivity index (χ2v) is 6.84. The third-order valence-corrected chi connectivity index (χ3v) is 4.91. The lowest BCUT2D eigenvalue weighted by molar-refractivity contribution is -0.384. The van der Waals surface area contributed by atoms with Crippen molar-refractivity contribution >= 4 is 23.0 Å². The summed E-state index contributed by atoms with van der Waals surface area (Å²) in [5.41, 5.74) is 3.75. The lowest BCUT2D eigenvalue weighted by Crippen LogP contribution is -2.33. The number of aryl methyl sites for hydroxylation is 2. The van der Waals surface area contributed by atoms with Gasteiger partial charge in [-0.15, -0.1) is 0 Å². The highest BCUT2D eigenvalue weighted by molar-refractivity contribution is 5.92. The van der Waals surface area contributed by atoms with Gasteiger partial charge in [0.1, 0.15) is 5.82 Å². The minimum atomic E-state index is -0.489. The van der Waals surface area contributed by atoms with Gasteiger partial charge in [-0.1, -0.05) is 12.1 Å². The van der Waals surface area contributed by atoms with Crippen molar-refractivity contribution in [1.82, 2.24) is 0 Å². The van der Waals surface area contributed by atoms with Crippen LogP contribution >= 0.6 is 0 Å². The lowest BCUT2D eigenvalue weighted by atomic mass is 9.97. The SMILES string of the molecule is Cc1ccc([N+](=O)[O-])cc1NC(=O)CCN1CCCc2c(F)ccc(C)c21. The maximum absolute atomic E-state index is 14.1. The number of nitrogens with one attached hydrogen (secondary N) is 1. The molecule has 0 aromatic heterocycles. The number of nitro groups is 1. The van der Waals surface area contributed by atoms with Gasteiger partial charge < -0.3 is 10.2 Å². The van der Waals surface area contributed by atoms with E-state index < -0.39 is 4.92 Å². The van der Waals surface area contributed by atoms with E-state index in [1.165, 1.54) is 18.2 Å². The summed E-state index contributed by atoms with van der Waals surface area (Å²) in [6.45, 7) is 4.98. The maximum Gasteiger partial charge on any atom is 0.271 e. The Morgan fingerprint density at radius 3 is 2.74 bits per heavy atom. The Bertz CT molecular complexity index is 898. The van der Waals surface area contributed by atoms with Gasteiger partial charge >= 0.3 is 0 Å². The Morgan fingerprint density at radius 2 is 2.00 bits per heavy atom. The van der Waals surface area contributed by atoms with Crippen LogP contribution in [0.15, 0.2) is 30.3 Å². The average Bonchev–Trinajstić information content (AvgIpc) is 2.64. The number of rotatable bonds is 5. The number of nitro benzene ring substituents is 1. The van der Waals surface area contributed by atoms with Crippen molar-refractivity contribution < 1.29 is 14.1 Å². The van der Waals surface area contributed by atoms with Crippen LogP contribution in [0.25, 0.3) is 0 Å². The average molecular weight is 371 g/mol. The summed E-state index contributed by atoms with van der Waals surface area (Å²) in [5, 5.41) is 13.7. The first-order chi connectivity index (χ1) is 12.9. The second kappa shape index (κ2) is 7.73. The highest BCUT2D eigenvalue weighted by Gasteiger charge is 2.22. The lowest BCUT2D eigenvalue weighted by Gasteiger charge is -2.33. The molecule has 0 radical (unpaired) electrons. The molecule has 0 unspecified atom stereocenters. The Balaban J connectivity index is 1.69. The quantitative estimate of drug-likeness (QED) is 0.633. The summed E-state index contributed by atoms with van der Waals surface area (Å²) >= 11 is 0. The van der Waals surface area contributed by atoms with Crippen LogP contribution in [0.5, 0.6) is 0 Å². The summed E-state index contributed by atoms with van der Waals surface area (Å²) in [6.07, 6.45) is 1.77. The van der Waals surface area contributed by atoms with Crippen LogP contribution in [0.2, 0.25) is 0 Å². The van der Waals surface area contributed by atoms with Gasteiger partial charge in [-0.05, 0) is 43.9 Å². The zero-order valence-corrected chi connectivity index (χ0v) is 15.4. The van der Waals surface area contributed by atoms with Crippen LogP contribution in [0.3, 0.4) is 0 Å². The highest BCUT2D eigenvalue weighted by atomic mass is 19.1. The third kappa shape index (κ3) is 4.07. The van der Waals surface area contributed by atoms with E-state index in [2.05, 4.69) is 10.2 Å². The van der Waals surface area contributed by atoms with Crippen LogP contribution in [-0.2, 0) is 11.2 Å². The first-order valence-corrected chi connectivity index (χ1v) is 8.94. The predicted molar refractivity (Wildman–Crippen MR) is 103 cm³/mol. The molecule has 0 spiro atoms. The first kappa shape index (κ1) is 18.8. The normalized spacial score (nSPS) is 13.2. The molecule has 1 aliphatic rings. The number of hydrogen-bond acceptors (Lipinski definition) is 4. The fourth-order valence-corrected chi connectivity index (χ4v) is 3.50. The Kier molecular flexibility index (Phi) is 5.39. The highest BCUT2D eigenvalue weighted by Crippen LogP contribution is 2.32. The van der Waals surface area contributed by atoms with Crippen LogP contribution in [0, 0.1) is 29.8 Å². The number of nitrogens with zero attached hydrogens (tertiary/aromatic N) is 2. The largest absolute Gasteiger partial charge is 0.370 e. The van der Waals surface area contributed by atoms with Crippen molar-refractivity contribution in [1.29, 1.82) is 0 Å². The number of halogens is 1. The van der Waals surface area contributed by atoms with E-state index >= 15 is 0 Å². The molecule has 0 atom stereocenters. The number of amides is 1. The molecule has 0 saturated heterocycles. The summed E-state index contributed by atoms with van der Waals surface area (Å²) in [7, 11) is 0. The molecule has 1 aliphatic heterocycles. The molecule has 1 N–H and O–H groups in total. The minimum absolute atomic E-state index is 0.0630. The molecule has 0 bridgehead atoms. The van der Waals surface area contributed by atoms with Crippen molar-refractivity contribution in [3.05, 3.63) is 63.0 Å². The Labute approximate surface area is 157 Å². The standard InChI is InChI=1S/C20H22FN3O3/c1-13-5-7-15(24(26)27)12-18(13)22-19(25)9-11-23-10-3-4-16-17(21)8-6-14(2)20(16)23/h5-8,12H,3-4,9-11H2,1-2H3,(H,22,25). The Hall–Kier alpha value is -2.96. The zero-order chi connectivity index (χ0) is 19.6. The van der Waals surface area contributed by atoms with E-state index in [0.29, 0.717) is 18.7 Å². The molecule has 0 aliphatic carbocycles. The van der Waals surface area contributed by atoms with Crippen molar-refractivity contribution in [2.24, 2.45) is 0 Å². The summed E-state index contributed by atoms with van der Waals surface area (Å²) in [5.74, 6) is -0.420. The molecule has 7 heteroatoms. The first-order valence-electron chi connectivity index (χ1n) is 8.94. The molecule has 1 amide bonds. The smallest absolute Gasteiger partial charge is 0.271 e. The summed E-state index contributed by atoms with van der Waals surface area (Å²) < 4.78 is 14.1. The molecule has 27 heavy (non-hydrogen) atoms. The van der Waals surface area contributed by atoms with Crippen molar-refractivity contribution in [3.8, 4) is 0 Å². The molecule has 2 aromatic rings. The van der Waals surface area contributed by atoms with Crippen LogP contribution < -0.4 is 10.2 Å². The molecular formula is C20H22FN3O3. The number of carbonyl (C=O) groups excluding carboxylic acids is 1. The minimum Gasteiger partial charge on any atom is -0.370 e. The topological polar surface area (TPSA) is 75.5 Å². The van der Waals surface area contributed by atoms with E-state index in [1.54, 1.807) is 19.1 Å².